The lowest BCUT2D eigenvalue weighted by atomic mass is 10.1. The Balaban J connectivity index is 1.50. The fourth-order valence-corrected chi connectivity index (χ4v) is 3.84. The van der Waals surface area contributed by atoms with Gasteiger partial charge in [-0.25, -0.2) is 9.37 Å². The molecule has 8 heteroatoms. The number of ether oxygens (including phenoxy) is 2. The second kappa shape index (κ2) is 8.64. The normalized spacial score (nSPS) is 18.1. The minimum atomic E-state index is -0.562. The number of rotatable bonds is 6. The molecule has 0 aliphatic carbocycles. The van der Waals surface area contributed by atoms with E-state index in [1.807, 2.05) is 22.4 Å². The molecular formula is C20H20FN3O3S. The van der Waals surface area contributed by atoms with Crippen molar-refractivity contribution in [2.45, 2.75) is 18.6 Å². The van der Waals surface area contributed by atoms with Gasteiger partial charge < -0.3 is 19.5 Å². The first kappa shape index (κ1) is 18.8. The summed E-state index contributed by atoms with van der Waals surface area (Å²) in [6.45, 7) is 1.69. The van der Waals surface area contributed by atoms with Crippen LogP contribution in [0.15, 0.2) is 54.0 Å². The molecule has 3 aromatic rings. The number of thiophene rings is 1. The first-order chi connectivity index (χ1) is 13.7. The molecule has 2 aromatic heterocycles. The van der Waals surface area contributed by atoms with E-state index in [2.05, 4.69) is 9.97 Å². The molecule has 0 radical (unpaired) electrons. The van der Waals surface area contributed by atoms with E-state index in [9.17, 15) is 9.50 Å². The number of hydrogen-bond acceptors (Lipinski definition) is 7. The monoisotopic (exact) mass is 401 g/mol. The fraction of sp³-hybridized carbons (Fsp3) is 0.300. The van der Waals surface area contributed by atoms with Gasteiger partial charge in [0.1, 0.15) is 11.6 Å². The van der Waals surface area contributed by atoms with Crippen molar-refractivity contribution in [2.75, 3.05) is 24.7 Å². The smallest absolute Gasteiger partial charge is 0.229 e. The Kier molecular flexibility index (Phi) is 5.80. The van der Waals surface area contributed by atoms with Gasteiger partial charge in [0, 0.05) is 30.1 Å². The minimum absolute atomic E-state index is 0.0491. The highest BCUT2D eigenvalue weighted by Gasteiger charge is 2.28. The van der Waals surface area contributed by atoms with Crippen LogP contribution in [0.2, 0.25) is 0 Å². The number of aliphatic hydroxyl groups excluding tert-OH is 1. The molecule has 6 nitrogen and oxygen atoms in total. The first-order valence-corrected chi connectivity index (χ1v) is 9.89. The predicted octanol–water partition coefficient (Wildman–Crippen LogP) is 3.80. The topological polar surface area (TPSA) is 67.7 Å². The van der Waals surface area contributed by atoms with Gasteiger partial charge in [-0.15, -0.1) is 11.3 Å². The maximum atomic E-state index is 13.1. The lowest BCUT2D eigenvalue weighted by Gasteiger charge is -2.36. The molecular weight excluding hydrogens is 381 g/mol. The van der Waals surface area contributed by atoms with Crippen molar-refractivity contribution < 1.29 is 19.0 Å². The number of hydrogen-bond donors (Lipinski definition) is 1. The zero-order valence-electron chi connectivity index (χ0n) is 15.1. The highest BCUT2D eigenvalue weighted by Crippen LogP contribution is 2.28. The summed E-state index contributed by atoms with van der Waals surface area (Å²) in [6, 6.07) is 11.2. The Morgan fingerprint density at radius 1 is 1.29 bits per heavy atom. The van der Waals surface area contributed by atoms with Gasteiger partial charge in [0.2, 0.25) is 11.8 Å². The second-order valence-electron chi connectivity index (χ2n) is 6.44. The van der Waals surface area contributed by atoms with Crippen LogP contribution in [0.25, 0.3) is 0 Å². The van der Waals surface area contributed by atoms with Gasteiger partial charge in [-0.05, 0) is 35.7 Å². The molecule has 1 aliphatic heterocycles. The molecule has 0 amide bonds. The van der Waals surface area contributed by atoms with Crippen LogP contribution >= 0.6 is 11.3 Å². The van der Waals surface area contributed by atoms with Crippen molar-refractivity contribution in [1.82, 2.24) is 9.97 Å². The summed E-state index contributed by atoms with van der Waals surface area (Å²) in [5.41, 5.74) is 0. The van der Waals surface area contributed by atoms with Crippen LogP contribution in [-0.4, -0.2) is 40.9 Å². The lowest BCUT2D eigenvalue weighted by molar-refractivity contribution is 0.0680. The number of nitrogens with zero attached hydrogens (tertiary/aromatic N) is 3. The van der Waals surface area contributed by atoms with E-state index in [4.69, 9.17) is 9.47 Å². The minimum Gasteiger partial charge on any atom is -0.439 e. The summed E-state index contributed by atoms with van der Waals surface area (Å²) < 4.78 is 24.4. The molecule has 2 atom stereocenters. The summed E-state index contributed by atoms with van der Waals surface area (Å²) in [5.74, 6) is 1.07. The average molecular weight is 401 g/mol. The van der Waals surface area contributed by atoms with Gasteiger partial charge in [0.25, 0.3) is 0 Å². The van der Waals surface area contributed by atoms with Gasteiger partial charge in [0.15, 0.2) is 0 Å². The van der Waals surface area contributed by atoms with Crippen molar-refractivity contribution in [2.24, 2.45) is 0 Å². The third-order valence-electron chi connectivity index (χ3n) is 4.50. The zero-order chi connectivity index (χ0) is 19.3. The van der Waals surface area contributed by atoms with Crippen molar-refractivity contribution in [3.8, 4) is 11.6 Å². The Morgan fingerprint density at radius 2 is 2.14 bits per heavy atom. The van der Waals surface area contributed by atoms with Crippen molar-refractivity contribution in [1.29, 1.82) is 0 Å². The Bertz CT molecular complexity index is 892. The van der Waals surface area contributed by atoms with Crippen LogP contribution in [-0.2, 0) is 4.74 Å². The molecule has 146 valence electrons. The van der Waals surface area contributed by atoms with Crippen molar-refractivity contribution in [3.05, 3.63) is 64.7 Å². The highest BCUT2D eigenvalue weighted by atomic mass is 32.1. The zero-order valence-corrected chi connectivity index (χ0v) is 15.9. The summed E-state index contributed by atoms with van der Waals surface area (Å²) >= 11 is 1.53. The SMILES string of the molecule is OC(CC1COCCN1c1nccc(Oc2ccc(F)cc2)n1)c1cccs1. The predicted molar refractivity (Wildman–Crippen MR) is 104 cm³/mol. The van der Waals surface area contributed by atoms with E-state index < -0.39 is 6.10 Å². The van der Waals surface area contributed by atoms with E-state index >= 15 is 0 Å². The Labute approximate surface area is 166 Å². The standard InChI is InChI=1S/C20H20FN3O3S/c21-14-3-5-16(6-4-14)27-19-7-8-22-20(23-19)24-9-10-26-13-15(24)12-17(25)18-2-1-11-28-18/h1-8,11,15,17,25H,9-10,12-13H2. The van der Waals surface area contributed by atoms with E-state index in [-0.39, 0.29) is 11.9 Å². The number of halogens is 1. The summed E-state index contributed by atoms with van der Waals surface area (Å²) in [6.07, 6.45) is 1.59. The van der Waals surface area contributed by atoms with E-state index in [1.54, 1.807) is 24.4 Å². The molecule has 1 fully saturated rings. The number of morpholine rings is 1. The number of aromatic nitrogens is 2. The molecule has 0 saturated carbocycles. The van der Waals surface area contributed by atoms with Crippen LogP contribution < -0.4 is 9.64 Å². The van der Waals surface area contributed by atoms with Crippen molar-refractivity contribution in [3.63, 3.8) is 0 Å². The van der Waals surface area contributed by atoms with Gasteiger partial charge in [-0.2, -0.15) is 4.98 Å². The fourth-order valence-electron chi connectivity index (χ4n) is 3.12. The van der Waals surface area contributed by atoms with Gasteiger partial charge >= 0.3 is 0 Å². The van der Waals surface area contributed by atoms with Gasteiger partial charge in [0.05, 0.1) is 25.4 Å². The third-order valence-corrected chi connectivity index (χ3v) is 5.48. The molecule has 1 N–H and O–H groups in total. The molecule has 1 saturated heterocycles. The van der Waals surface area contributed by atoms with E-state index in [0.29, 0.717) is 43.8 Å². The number of anilines is 1. The van der Waals surface area contributed by atoms with Crippen LogP contribution in [0.4, 0.5) is 10.3 Å². The largest absolute Gasteiger partial charge is 0.439 e. The second-order valence-corrected chi connectivity index (χ2v) is 7.42. The molecule has 28 heavy (non-hydrogen) atoms. The molecule has 0 spiro atoms. The maximum Gasteiger partial charge on any atom is 0.229 e. The first-order valence-electron chi connectivity index (χ1n) is 9.01. The number of aliphatic hydroxyl groups is 1. The van der Waals surface area contributed by atoms with Gasteiger partial charge in [-0.1, -0.05) is 6.07 Å². The molecule has 0 bridgehead atoms. The van der Waals surface area contributed by atoms with Crippen LogP contribution in [0, 0.1) is 5.82 Å². The molecule has 1 aromatic carbocycles. The van der Waals surface area contributed by atoms with Gasteiger partial charge in [-0.3, -0.25) is 0 Å². The van der Waals surface area contributed by atoms with Crippen molar-refractivity contribution >= 4 is 17.3 Å². The molecule has 1 aliphatic rings. The highest BCUT2D eigenvalue weighted by molar-refractivity contribution is 7.10. The molecule has 3 heterocycles. The van der Waals surface area contributed by atoms with Crippen LogP contribution in [0.1, 0.15) is 17.4 Å². The summed E-state index contributed by atoms with van der Waals surface area (Å²) in [4.78, 5) is 11.8. The third kappa shape index (κ3) is 4.46. The Morgan fingerprint density at radius 3 is 2.93 bits per heavy atom. The van der Waals surface area contributed by atoms with E-state index in [0.717, 1.165) is 4.88 Å². The molecule has 2 unspecified atom stereocenters. The number of benzene rings is 1. The lowest BCUT2D eigenvalue weighted by Crippen LogP contribution is -2.47. The summed E-state index contributed by atoms with van der Waals surface area (Å²) in [5, 5.41) is 12.5. The molecule has 4 rings (SSSR count). The Hall–Kier alpha value is -2.55. The van der Waals surface area contributed by atoms with Crippen LogP contribution in [0.5, 0.6) is 11.6 Å². The van der Waals surface area contributed by atoms with Crippen LogP contribution in [0.3, 0.4) is 0 Å². The summed E-state index contributed by atoms with van der Waals surface area (Å²) in [7, 11) is 0. The maximum absolute atomic E-state index is 13.1. The quantitative estimate of drug-likeness (QED) is 0.678. The average Bonchev–Trinajstić information content (AvgIpc) is 3.25. The van der Waals surface area contributed by atoms with E-state index in [1.165, 1.54) is 23.5 Å².